The van der Waals surface area contributed by atoms with Gasteiger partial charge in [-0.1, -0.05) is 18.2 Å². The molecule has 0 spiro atoms. The molecule has 0 radical (unpaired) electrons. The van der Waals surface area contributed by atoms with Crippen LogP contribution in [0.15, 0.2) is 30.3 Å². The molecule has 0 saturated heterocycles. The van der Waals surface area contributed by atoms with Crippen LogP contribution in [0.5, 0.6) is 0 Å². The minimum absolute atomic E-state index is 0.0244. The van der Waals surface area contributed by atoms with Gasteiger partial charge in [0, 0.05) is 6.92 Å². The van der Waals surface area contributed by atoms with Crippen molar-refractivity contribution < 1.29 is 4.57 Å². The van der Waals surface area contributed by atoms with Crippen molar-refractivity contribution in [3.63, 3.8) is 0 Å². The Bertz CT molecular complexity index is 768. The summed E-state index contributed by atoms with van der Waals surface area (Å²) in [6.07, 6.45) is 4.59. The van der Waals surface area contributed by atoms with Crippen LogP contribution in [0.25, 0.3) is 11.8 Å². The second-order valence-corrected chi connectivity index (χ2v) is 7.99. The number of rotatable bonds is 1. The topological polar surface area (TPSA) is 8.81 Å². The fourth-order valence-electron chi connectivity index (χ4n) is 3.57. The maximum absolute atomic E-state index is 2.51. The van der Waals surface area contributed by atoms with E-state index in [4.69, 9.17) is 0 Å². The van der Waals surface area contributed by atoms with Gasteiger partial charge in [0.15, 0.2) is 11.4 Å². The van der Waals surface area contributed by atoms with Gasteiger partial charge in [0.1, 0.15) is 11.2 Å². The predicted octanol–water partition coefficient (Wildman–Crippen LogP) is 4.44. The molecule has 2 nitrogen and oxygen atoms in total. The second kappa shape index (κ2) is 4.58. The number of aryl methyl sites for hydroxylation is 1. The van der Waals surface area contributed by atoms with Crippen molar-refractivity contribution in [1.82, 2.24) is 4.57 Å². The molecular formula is C20H27N2+. The molecule has 2 heterocycles. The molecule has 0 atom stereocenters. The zero-order valence-corrected chi connectivity index (χ0v) is 14.9. The third-order valence-electron chi connectivity index (χ3n) is 4.62. The van der Waals surface area contributed by atoms with Crippen LogP contribution in [-0.4, -0.2) is 4.57 Å². The Hall–Kier alpha value is -1.83. The maximum atomic E-state index is 2.51. The van der Waals surface area contributed by atoms with E-state index < -0.39 is 0 Å². The summed E-state index contributed by atoms with van der Waals surface area (Å²) in [6, 6.07) is 8.66. The molecule has 1 aromatic heterocycles. The lowest BCUT2D eigenvalue weighted by molar-refractivity contribution is -0.751. The van der Waals surface area contributed by atoms with Crippen molar-refractivity contribution in [3.8, 4) is 5.69 Å². The average Bonchev–Trinajstić information content (AvgIpc) is 2.87. The molecule has 0 fully saturated rings. The lowest BCUT2D eigenvalue weighted by Crippen LogP contribution is -2.55. The van der Waals surface area contributed by atoms with Crippen LogP contribution >= 0.6 is 0 Å². The predicted molar refractivity (Wildman–Crippen MR) is 92.5 cm³/mol. The largest absolute Gasteiger partial charge is 0.268 e. The van der Waals surface area contributed by atoms with Crippen molar-refractivity contribution in [2.24, 2.45) is 0 Å². The summed E-state index contributed by atoms with van der Waals surface area (Å²) < 4.78 is 4.96. The number of para-hydroxylation sites is 1. The minimum Gasteiger partial charge on any atom is -0.218 e. The Balaban J connectivity index is 2.43. The molecular weight excluding hydrogens is 268 g/mol. The third kappa shape index (κ3) is 2.05. The average molecular weight is 295 g/mol. The van der Waals surface area contributed by atoms with Crippen LogP contribution in [0.3, 0.4) is 0 Å². The number of imidazole rings is 1. The van der Waals surface area contributed by atoms with Gasteiger partial charge in [0.25, 0.3) is 5.82 Å². The lowest BCUT2D eigenvalue weighted by atomic mass is 9.93. The molecule has 2 aromatic rings. The molecule has 0 N–H and O–H groups in total. The van der Waals surface area contributed by atoms with Gasteiger partial charge in [-0.3, -0.25) is 0 Å². The van der Waals surface area contributed by atoms with E-state index in [0.29, 0.717) is 0 Å². The first-order valence-electron chi connectivity index (χ1n) is 8.08. The summed E-state index contributed by atoms with van der Waals surface area (Å²) in [7, 11) is 0. The maximum Gasteiger partial charge on any atom is 0.268 e. The van der Waals surface area contributed by atoms with Crippen molar-refractivity contribution in [3.05, 3.63) is 53.1 Å². The van der Waals surface area contributed by atoms with Crippen LogP contribution in [0.2, 0.25) is 0 Å². The first-order chi connectivity index (χ1) is 10.1. The molecule has 0 aliphatic carbocycles. The van der Waals surface area contributed by atoms with Crippen LogP contribution in [0.1, 0.15) is 57.4 Å². The quantitative estimate of drug-likeness (QED) is 0.688. The summed E-state index contributed by atoms with van der Waals surface area (Å²) in [6.45, 7) is 15.9. The molecule has 0 saturated carbocycles. The highest BCUT2D eigenvalue weighted by Crippen LogP contribution is 2.33. The standard InChI is InChI=1S/C20H27N2/c1-14-10-8-9-11-16(14)21-15(2)17-12-13-20(6,7)22(17)18(21)19(3,4)5/h8-13H,1-7H3/q+1. The first-order valence-corrected chi connectivity index (χ1v) is 8.08. The molecule has 1 aliphatic rings. The zero-order valence-electron chi connectivity index (χ0n) is 14.9. The second-order valence-electron chi connectivity index (χ2n) is 7.99. The number of hydrogen-bond acceptors (Lipinski definition) is 0. The highest BCUT2D eigenvalue weighted by atomic mass is 15.2. The van der Waals surface area contributed by atoms with E-state index in [1.54, 1.807) is 0 Å². The molecule has 0 unspecified atom stereocenters. The van der Waals surface area contributed by atoms with E-state index in [1.165, 1.54) is 28.5 Å². The SMILES string of the molecule is Cc1ccccc1-n1c(C)c2[n+](c1C(C)(C)C)C(C)(C)C=C2. The van der Waals surface area contributed by atoms with Crippen molar-refractivity contribution in [2.45, 2.75) is 59.4 Å². The van der Waals surface area contributed by atoms with E-state index in [0.717, 1.165) is 0 Å². The molecule has 1 aromatic carbocycles. The zero-order chi connectivity index (χ0) is 16.3. The van der Waals surface area contributed by atoms with E-state index in [-0.39, 0.29) is 11.0 Å². The van der Waals surface area contributed by atoms with E-state index in [9.17, 15) is 0 Å². The molecule has 22 heavy (non-hydrogen) atoms. The Morgan fingerprint density at radius 2 is 1.68 bits per heavy atom. The van der Waals surface area contributed by atoms with Crippen molar-refractivity contribution >= 4 is 6.08 Å². The van der Waals surface area contributed by atoms with Gasteiger partial charge in [0.05, 0.1) is 5.41 Å². The smallest absolute Gasteiger partial charge is 0.218 e. The lowest BCUT2D eigenvalue weighted by Gasteiger charge is -2.23. The molecule has 3 rings (SSSR count). The van der Waals surface area contributed by atoms with Crippen LogP contribution in [0.4, 0.5) is 0 Å². The fraction of sp³-hybridized carbons (Fsp3) is 0.450. The molecule has 1 aliphatic heterocycles. The van der Waals surface area contributed by atoms with Gasteiger partial charge in [0.2, 0.25) is 0 Å². The molecule has 0 bridgehead atoms. The number of allylic oxidation sites excluding steroid dienone is 1. The Kier molecular flexibility index (Phi) is 3.14. The van der Waals surface area contributed by atoms with Crippen molar-refractivity contribution in [2.75, 3.05) is 0 Å². The molecule has 0 amide bonds. The fourth-order valence-corrected chi connectivity index (χ4v) is 3.57. The highest BCUT2D eigenvalue weighted by Gasteiger charge is 2.44. The van der Waals surface area contributed by atoms with Gasteiger partial charge in [-0.15, -0.1) is 0 Å². The van der Waals surface area contributed by atoms with Crippen LogP contribution in [0, 0.1) is 13.8 Å². The minimum atomic E-state index is 0.0244. The summed E-state index contributed by atoms with van der Waals surface area (Å²) >= 11 is 0. The summed E-state index contributed by atoms with van der Waals surface area (Å²) in [5.41, 5.74) is 5.34. The normalized spacial score (nSPS) is 16.1. The molecule has 116 valence electrons. The third-order valence-corrected chi connectivity index (χ3v) is 4.62. The number of nitrogens with zero attached hydrogens (tertiary/aromatic N) is 2. The Labute approximate surface area is 134 Å². The molecule has 2 heteroatoms. The summed E-state index contributed by atoms with van der Waals surface area (Å²) in [5, 5.41) is 0. The number of aromatic nitrogens is 2. The van der Waals surface area contributed by atoms with E-state index in [2.05, 4.69) is 94.0 Å². The van der Waals surface area contributed by atoms with Crippen LogP contribution in [-0.2, 0) is 11.0 Å². The Morgan fingerprint density at radius 1 is 1.05 bits per heavy atom. The van der Waals surface area contributed by atoms with Gasteiger partial charge in [-0.25, -0.2) is 4.57 Å². The van der Waals surface area contributed by atoms with Gasteiger partial charge in [-0.2, -0.15) is 4.57 Å². The monoisotopic (exact) mass is 295 g/mol. The first kappa shape index (κ1) is 15.1. The van der Waals surface area contributed by atoms with Crippen molar-refractivity contribution in [1.29, 1.82) is 0 Å². The number of benzene rings is 1. The van der Waals surface area contributed by atoms with Gasteiger partial charge < -0.3 is 0 Å². The summed E-state index contributed by atoms with van der Waals surface area (Å²) in [5.74, 6) is 1.37. The van der Waals surface area contributed by atoms with Crippen LogP contribution < -0.4 is 4.57 Å². The van der Waals surface area contributed by atoms with E-state index in [1.807, 2.05) is 0 Å². The van der Waals surface area contributed by atoms with Gasteiger partial charge in [-0.05, 0) is 65.3 Å². The highest BCUT2D eigenvalue weighted by molar-refractivity contribution is 5.53. The summed E-state index contributed by atoms with van der Waals surface area (Å²) in [4.78, 5) is 0. The number of hydrogen-bond donors (Lipinski definition) is 0. The van der Waals surface area contributed by atoms with E-state index >= 15 is 0 Å². The van der Waals surface area contributed by atoms with Gasteiger partial charge >= 0.3 is 0 Å². The Morgan fingerprint density at radius 3 is 2.27 bits per heavy atom. The number of fused-ring (bicyclic) bond motifs is 1.